The molecule has 4 heteroatoms. The average Bonchev–Trinajstić information content (AvgIpc) is 1.88. The highest BCUT2D eigenvalue weighted by molar-refractivity contribution is 5.36. The summed E-state index contributed by atoms with van der Waals surface area (Å²) in [5.74, 6) is 0. The van der Waals surface area contributed by atoms with E-state index in [4.69, 9.17) is 5.73 Å². The van der Waals surface area contributed by atoms with Crippen LogP contribution in [0.3, 0.4) is 0 Å². The standard InChI is InChI=1S/C6H5F2N2/c7-6(8)4-1-5(9)3-10-2-4/h1,3,6H,9H2. The molecular formula is C6H5F2N2. The molecule has 0 fully saturated rings. The summed E-state index contributed by atoms with van der Waals surface area (Å²) < 4.78 is 23.6. The number of alkyl halides is 2. The molecule has 53 valence electrons. The fourth-order valence-electron chi connectivity index (χ4n) is 0.542. The van der Waals surface area contributed by atoms with Crippen molar-refractivity contribution in [2.45, 2.75) is 6.43 Å². The number of nitrogens with two attached hydrogens (primary N) is 1. The molecule has 0 aromatic carbocycles. The SMILES string of the molecule is Nc1cn[c]c(C(F)F)c1. The molecule has 0 saturated heterocycles. The summed E-state index contributed by atoms with van der Waals surface area (Å²) in [5.41, 5.74) is 5.15. The van der Waals surface area contributed by atoms with Gasteiger partial charge in [0.1, 0.15) is 0 Å². The van der Waals surface area contributed by atoms with Crippen LogP contribution in [0, 0.1) is 6.20 Å². The van der Waals surface area contributed by atoms with E-state index in [1.54, 1.807) is 0 Å². The van der Waals surface area contributed by atoms with Crippen molar-refractivity contribution in [3.63, 3.8) is 0 Å². The Labute approximate surface area is 56.7 Å². The van der Waals surface area contributed by atoms with Gasteiger partial charge in [-0.05, 0) is 6.07 Å². The Balaban J connectivity index is 2.96. The molecule has 0 bridgehead atoms. The van der Waals surface area contributed by atoms with Crippen LogP contribution >= 0.6 is 0 Å². The highest BCUT2D eigenvalue weighted by Crippen LogP contribution is 2.17. The lowest BCUT2D eigenvalue weighted by atomic mass is 10.3. The summed E-state index contributed by atoms with van der Waals surface area (Å²) in [7, 11) is 0. The van der Waals surface area contributed by atoms with Gasteiger partial charge in [0, 0.05) is 5.56 Å². The number of rotatable bonds is 1. The lowest BCUT2D eigenvalue weighted by Crippen LogP contribution is -1.91. The second kappa shape index (κ2) is 2.60. The Bertz CT molecular complexity index is 225. The number of hydrogen-bond acceptors (Lipinski definition) is 2. The maximum atomic E-state index is 11.8. The van der Waals surface area contributed by atoms with E-state index in [1.165, 1.54) is 6.20 Å². The molecule has 0 aliphatic heterocycles. The molecule has 0 saturated carbocycles. The van der Waals surface area contributed by atoms with E-state index in [9.17, 15) is 8.78 Å². The van der Waals surface area contributed by atoms with Gasteiger partial charge in [0.25, 0.3) is 6.43 Å². The zero-order valence-electron chi connectivity index (χ0n) is 5.01. The Kier molecular flexibility index (Phi) is 1.80. The van der Waals surface area contributed by atoms with Crippen LogP contribution in [-0.4, -0.2) is 4.98 Å². The summed E-state index contributed by atoms with van der Waals surface area (Å²) in [6.45, 7) is 0. The summed E-state index contributed by atoms with van der Waals surface area (Å²) >= 11 is 0. The van der Waals surface area contributed by atoms with Crippen molar-refractivity contribution in [2.75, 3.05) is 5.73 Å². The largest absolute Gasteiger partial charge is 0.397 e. The van der Waals surface area contributed by atoms with Crippen LogP contribution in [0.1, 0.15) is 12.0 Å². The van der Waals surface area contributed by atoms with Gasteiger partial charge >= 0.3 is 0 Å². The van der Waals surface area contributed by atoms with Crippen LogP contribution in [-0.2, 0) is 0 Å². The second-order valence-electron chi connectivity index (χ2n) is 1.77. The van der Waals surface area contributed by atoms with Crippen molar-refractivity contribution >= 4 is 5.69 Å². The smallest absolute Gasteiger partial charge is 0.266 e. The van der Waals surface area contributed by atoms with Crippen molar-refractivity contribution in [3.05, 3.63) is 24.0 Å². The second-order valence-corrected chi connectivity index (χ2v) is 1.77. The van der Waals surface area contributed by atoms with Crippen molar-refractivity contribution in [2.24, 2.45) is 0 Å². The Hall–Kier alpha value is -1.19. The van der Waals surface area contributed by atoms with Crippen LogP contribution in [0.15, 0.2) is 12.3 Å². The molecule has 10 heavy (non-hydrogen) atoms. The highest BCUT2D eigenvalue weighted by Gasteiger charge is 2.06. The van der Waals surface area contributed by atoms with E-state index in [2.05, 4.69) is 11.2 Å². The number of anilines is 1. The molecule has 0 spiro atoms. The summed E-state index contributed by atoms with van der Waals surface area (Å²) in [6, 6.07) is 1.15. The molecule has 0 amide bonds. The van der Waals surface area contributed by atoms with E-state index in [1.807, 2.05) is 0 Å². The molecule has 1 aromatic rings. The first-order chi connectivity index (χ1) is 4.70. The molecule has 0 aliphatic carbocycles. The van der Waals surface area contributed by atoms with Gasteiger partial charge in [-0.2, -0.15) is 0 Å². The van der Waals surface area contributed by atoms with Crippen LogP contribution in [0.25, 0.3) is 0 Å². The van der Waals surface area contributed by atoms with Gasteiger partial charge in [0.15, 0.2) is 0 Å². The zero-order valence-corrected chi connectivity index (χ0v) is 5.01. The predicted octanol–water partition coefficient (Wildman–Crippen LogP) is 1.40. The molecule has 1 rings (SSSR count). The first kappa shape index (κ1) is 6.92. The number of nitrogen functional groups attached to an aromatic ring is 1. The van der Waals surface area contributed by atoms with E-state index in [0.717, 1.165) is 6.07 Å². The molecule has 0 unspecified atom stereocenters. The average molecular weight is 143 g/mol. The minimum absolute atomic E-state index is 0.231. The Morgan fingerprint density at radius 2 is 2.30 bits per heavy atom. The van der Waals surface area contributed by atoms with Gasteiger partial charge in [0.05, 0.1) is 18.1 Å². The lowest BCUT2D eigenvalue weighted by Gasteiger charge is -1.96. The van der Waals surface area contributed by atoms with Gasteiger partial charge in [0.2, 0.25) is 0 Å². The quantitative estimate of drug-likeness (QED) is 0.645. The van der Waals surface area contributed by atoms with Crippen molar-refractivity contribution in [3.8, 4) is 0 Å². The van der Waals surface area contributed by atoms with Crippen LogP contribution in [0.4, 0.5) is 14.5 Å². The van der Waals surface area contributed by atoms with Crippen molar-refractivity contribution in [1.82, 2.24) is 4.98 Å². The Morgan fingerprint density at radius 1 is 1.60 bits per heavy atom. The monoisotopic (exact) mass is 143 g/mol. The molecule has 0 aliphatic rings. The first-order valence-electron chi connectivity index (χ1n) is 2.61. The minimum Gasteiger partial charge on any atom is -0.397 e. The van der Waals surface area contributed by atoms with E-state index in [-0.39, 0.29) is 11.3 Å². The van der Waals surface area contributed by atoms with E-state index >= 15 is 0 Å². The topological polar surface area (TPSA) is 38.9 Å². The fourth-order valence-corrected chi connectivity index (χ4v) is 0.542. The van der Waals surface area contributed by atoms with Crippen LogP contribution in [0.5, 0.6) is 0 Å². The molecule has 2 N–H and O–H groups in total. The Morgan fingerprint density at radius 3 is 2.70 bits per heavy atom. The minimum atomic E-state index is -2.55. The van der Waals surface area contributed by atoms with E-state index < -0.39 is 6.43 Å². The molecule has 1 radical (unpaired) electrons. The third kappa shape index (κ3) is 1.40. The van der Waals surface area contributed by atoms with Gasteiger partial charge in [-0.3, -0.25) is 4.98 Å². The van der Waals surface area contributed by atoms with Crippen LogP contribution < -0.4 is 5.73 Å². The van der Waals surface area contributed by atoms with Crippen LogP contribution in [0.2, 0.25) is 0 Å². The number of hydrogen-bond donors (Lipinski definition) is 1. The number of pyridine rings is 1. The summed E-state index contributed by atoms with van der Waals surface area (Å²) in [4.78, 5) is 3.38. The van der Waals surface area contributed by atoms with Gasteiger partial charge < -0.3 is 5.73 Å². The zero-order chi connectivity index (χ0) is 7.56. The van der Waals surface area contributed by atoms with Gasteiger partial charge in [-0.1, -0.05) is 0 Å². The number of nitrogens with zero attached hydrogens (tertiary/aromatic N) is 1. The van der Waals surface area contributed by atoms with E-state index in [0.29, 0.717) is 0 Å². The first-order valence-corrected chi connectivity index (χ1v) is 2.61. The molecule has 2 nitrogen and oxygen atoms in total. The molecule has 0 atom stereocenters. The molecule has 1 heterocycles. The summed E-state index contributed by atoms with van der Waals surface area (Å²) in [6.07, 6.45) is 0.853. The maximum absolute atomic E-state index is 11.8. The molecular weight excluding hydrogens is 138 g/mol. The third-order valence-electron chi connectivity index (χ3n) is 0.965. The third-order valence-corrected chi connectivity index (χ3v) is 0.965. The maximum Gasteiger partial charge on any atom is 0.266 e. The number of halogens is 2. The summed E-state index contributed by atoms with van der Waals surface area (Å²) in [5, 5.41) is 0. The lowest BCUT2D eigenvalue weighted by molar-refractivity contribution is 0.150. The van der Waals surface area contributed by atoms with Crippen molar-refractivity contribution in [1.29, 1.82) is 0 Å². The fraction of sp³-hybridized carbons (Fsp3) is 0.167. The molecule has 1 aromatic heterocycles. The predicted molar refractivity (Wildman–Crippen MR) is 32.4 cm³/mol. The van der Waals surface area contributed by atoms with Crippen molar-refractivity contribution < 1.29 is 8.78 Å². The number of aromatic nitrogens is 1. The van der Waals surface area contributed by atoms with Gasteiger partial charge in [-0.25, -0.2) is 8.78 Å². The normalized spacial score (nSPS) is 10.3. The highest BCUT2D eigenvalue weighted by atomic mass is 19.3. The van der Waals surface area contributed by atoms with Gasteiger partial charge in [-0.15, -0.1) is 0 Å².